The predicted octanol–water partition coefficient (Wildman–Crippen LogP) is 8.38. The Bertz CT molecular complexity index is 2040. The van der Waals surface area contributed by atoms with E-state index in [2.05, 4.69) is 5.10 Å². The maximum absolute atomic E-state index is 16.1. The average molecular weight is 712 g/mol. The van der Waals surface area contributed by atoms with Crippen LogP contribution in [-0.4, -0.2) is 51.2 Å². The van der Waals surface area contributed by atoms with Gasteiger partial charge in [0.1, 0.15) is 17.8 Å². The summed E-state index contributed by atoms with van der Waals surface area (Å²) in [4.78, 5) is 11.4. The van der Waals surface area contributed by atoms with Crippen LogP contribution in [0.1, 0.15) is 43.5 Å². The van der Waals surface area contributed by atoms with Crippen molar-refractivity contribution >= 4 is 49.6 Å². The van der Waals surface area contributed by atoms with Crippen LogP contribution in [0.4, 0.5) is 8.78 Å². The number of hydrogen-bond acceptors (Lipinski definition) is 8. The zero-order valence-corrected chi connectivity index (χ0v) is 29.0. The molecule has 3 aromatic carbocycles. The SMILES string of the molecule is CC(=O)SCCSCCc1c(Oc2ccc(F)c(-c3ccn(C4CCCCO4)n3)c2)c(F)cc2c1ccn2S(=O)(=O)c1ccc(C)cc1. The van der Waals surface area contributed by atoms with Crippen LogP contribution in [0.2, 0.25) is 0 Å². The van der Waals surface area contributed by atoms with Gasteiger partial charge in [-0.1, -0.05) is 29.5 Å². The van der Waals surface area contributed by atoms with Gasteiger partial charge in [0.15, 0.2) is 16.7 Å². The Morgan fingerprint density at radius 3 is 2.56 bits per heavy atom. The number of rotatable bonds is 12. The summed E-state index contributed by atoms with van der Waals surface area (Å²) in [5.41, 5.74) is 2.17. The highest BCUT2D eigenvalue weighted by molar-refractivity contribution is 8.14. The Labute approximate surface area is 286 Å². The molecule has 1 fully saturated rings. The lowest BCUT2D eigenvalue weighted by Gasteiger charge is -2.22. The molecule has 0 spiro atoms. The van der Waals surface area contributed by atoms with Crippen LogP contribution >= 0.6 is 23.5 Å². The first-order valence-electron chi connectivity index (χ1n) is 15.6. The molecule has 0 aliphatic carbocycles. The minimum absolute atomic E-state index is 0.0435. The third-order valence-corrected chi connectivity index (χ3v) is 11.8. The van der Waals surface area contributed by atoms with Crippen molar-refractivity contribution in [1.29, 1.82) is 0 Å². The number of carbonyl (C=O) groups excluding carboxylic acids is 1. The number of fused-ring (bicyclic) bond motifs is 1. The fourth-order valence-corrected chi connectivity index (χ4v) is 8.63. The number of aromatic nitrogens is 3. The molecule has 0 N–H and O–H groups in total. The summed E-state index contributed by atoms with van der Waals surface area (Å²) in [7, 11) is -4.02. The van der Waals surface area contributed by atoms with Crippen molar-refractivity contribution in [2.45, 2.75) is 50.7 Å². The van der Waals surface area contributed by atoms with E-state index in [9.17, 15) is 13.2 Å². The Morgan fingerprint density at radius 2 is 1.81 bits per heavy atom. The van der Waals surface area contributed by atoms with Crippen LogP contribution in [0.15, 0.2) is 78.0 Å². The lowest BCUT2D eigenvalue weighted by molar-refractivity contribution is -0.109. The van der Waals surface area contributed by atoms with Crippen molar-refractivity contribution in [3.63, 3.8) is 0 Å². The molecule has 1 atom stereocenters. The highest BCUT2D eigenvalue weighted by Crippen LogP contribution is 2.38. The number of thioether (sulfide) groups is 2. The van der Waals surface area contributed by atoms with Gasteiger partial charge in [0.25, 0.3) is 10.0 Å². The molecule has 6 rings (SSSR count). The summed E-state index contributed by atoms with van der Waals surface area (Å²) < 4.78 is 73.3. The Hall–Kier alpha value is -3.65. The van der Waals surface area contributed by atoms with Crippen LogP contribution in [0.3, 0.4) is 0 Å². The molecule has 0 saturated carbocycles. The topological polar surface area (TPSA) is 92.4 Å². The summed E-state index contributed by atoms with van der Waals surface area (Å²) in [5, 5.41) is 5.12. The van der Waals surface area contributed by atoms with Gasteiger partial charge >= 0.3 is 0 Å². The molecule has 3 heterocycles. The predicted molar refractivity (Wildman–Crippen MR) is 186 cm³/mol. The minimum Gasteiger partial charge on any atom is -0.454 e. The summed E-state index contributed by atoms with van der Waals surface area (Å²) >= 11 is 2.84. The van der Waals surface area contributed by atoms with Crippen molar-refractivity contribution in [3.05, 3.63) is 95.8 Å². The van der Waals surface area contributed by atoms with Gasteiger partial charge in [-0.25, -0.2) is 25.9 Å². The van der Waals surface area contributed by atoms with Crippen molar-refractivity contribution in [3.8, 4) is 22.8 Å². The molecule has 1 aliphatic rings. The largest absolute Gasteiger partial charge is 0.454 e. The zero-order chi connectivity index (χ0) is 33.8. The van der Waals surface area contributed by atoms with Gasteiger partial charge in [-0.2, -0.15) is 16.9 Å². The second-order valence-electron chi connectivity index (χ2n) is 11.5. The number of aryl methyl sites for hydroxylation is 2. The van der Waals surface area contributed by atoms with Crippen LogP contribution in [0.25, 0.3) is 22.2 Å². The molecule has 48 heavy (non-hydrogen) atoms. The van der Waals surface area contributed by atoms with E-state index in [-0.39, 0.29) is 38.8 Å². The normalized spacial score (nSPS) is 15.2. The lowest BCUT2D eigenvalue weighted by atomic mass is 10.1. The summed E-state index contributed by atoms with van der Waals surface area (Å²) in [6.07, 6.45) is 6.16. The van der Waals surface area contributed by atoms with Gasteiger partial charge in [0.05, 0.1) is 16.1 Å². The first-order valence-corrected chi connectivity index (χ1v) is 19.2. The fourth-order valence-electron chi connectivity index (χ4n) is 5.64. The molecule has 2 aromatic heterocycles. The molecular weight excluding hydrogens is 677 g/mol. The minimum atomic E-state index is -4.02. The maximum atomic E-state index is 16.1. The van der Waals surface area contributed by atoms with E-state index in [1.807, 2.05) is 6.92 Å². The van der Waals surface area contributed by atoms with Crippen molar-refractivity contribution in [2.75, 3.05) is 23.9 Å². The molecule has 1 unspecified atom stereocenters. The molecular formula is C35H35F2N3O5S3. The van der Waals surface area contributed by atoms with Crippen LogP contribution < -0.4 is 4.74 Å². The monoisotopic (exact) mass is 711 g/mol. The van der Waals surface area contributed by atoms with Crippen molar-refractivity contribution in [2.24, 2.45) is 0 Å². The van der Waals surface area contributed by atoms with Gasteiger partial charge in [-0.15, -0.1) is 0 Å². The van der Waals surface area contributed by atoms with E-state index >= 15 is 8.78 Å². The van der Waals surface area contributed by atoms with E-state index in [4.69, 9.17) is 9.47 Å². The Kier molecular flexibility index (Phi) is 10.6. The van der Waals surface area contributed by atoms with E-state index in [0.29, 0.717) is 46.9 Å². The number of halogens is 2. The van der Waals surface area contributed by atoms with Gasteiger partial charge in [-0.3, -0.25) is 4.79 Å². The molecule has 0 bridgehead atoms. The summed E-state index contributed by atoms with van der Waals surface area (Å²) in [6, 6.07) is 15.2. The summed E-state index contributed by atoms with van der Waals surface area (Å²) in [5.74, 6) is 0.802. The number of hydrogen-bond donors (Lipinski definition) is 0. The van der Waals surface area contributed by atoms with Crippen LogP contribution in [0, 0.1) is 18.6 Å². The van der Waals surface area contributed by atoms with Gasteiger partial charge in [-0.05, 0) is 80.8 Å². The molecule has 8 nitrogen and oxygen atoms in total. The molecule has 13 heteroatoms. The van der Waals surface area contributed by atoms with E-state index < -0.39 is 21.7 Å². The van der Waals surface area contributed by atoms with E-state index in [0.717, 1.165) is 34.9 Å². The number of carbonyl (C=O) groups is 1. The first kappa shape index (κ1) is 34.2. The summed E-state index contributed by atoms with van der Waals surface area (Å²) in [6.45, 7) is 4.03. The Morgan fingerprint density at radius 1 is 1.00 bits per heavy atom. The molecule has 0 amide bonds. The smallest absolute Gasteiger partial charge is 0.268 e. The van der Waals surface area contributed by atoms with Crippen LogP contribution in [0.5, 0.6) is 11.5 Å². The van der Waals surface area contributed by atoms with Gasteiger partial charge in [0.2, 0.25) is 0 Å². The third-order valence-electron chi connectivity index (χ3n) is 8.07. The molecule has 0 radical (unpaired) electrons. The fraction of sp³-hybridized carbons (Fsp3) is 0.314. The molecule has 1 saturated heterocycles. The molecule has 1 aliphatic heterocycles. The number of benzene rings is 3. The first-order chi connectivity index (χ1) is 23.1. The maximum Gasteiger partial charge on any atom is 0.268 e. The molecule has 5 aromatic rings. The molecule has 252 valence electrons. The average Bonchev–Trinajstić information content (AvgIpc) is 3.73. The highest BCUT2D eigenvalue weighted by atomic mass is 32.2. The lowest BCUT2D eigenvalue weighted by Crippen LogP contribution is -2.18. The zero-order valence-electron chi connectivity index (χ0n) is 26.5. The number of nitrogens with zero attached hydrogens (tertiary/aromatic N) is 3. The van der Waals surface area contributed by atoms with E-state index in [1.165, 1.54) is 55.2 Å². The van der Waals surface area contributed by atoms with Gasteiger partial charge in [0, 0.05) is 60.0 Å². The van der Waals surface area contributed by atoms with Crippen molar-refractivity contribution < 1.29 is 31.5 Å². The second kappa shape index (κ2) is 14.9. The van der Waals surface area contributed by atoms with Crippen molar-refractivity contribution in [1.82, 2.24) is 13.8 Å². The Balaban J connectivity index is 1.34. The van der Waals surface area contributed by atoms with Crippen LogP contribution in [-0.2, 0) is 26.0 Å². The third kappa shape index (κ3) is 7.49. The second-order valence-corrected chi connectivity index (χ2v) is 15.8. The van der Waals surface area contributed by atoms with E-state index in [1.54, 1.807) is 46.9 Å². The quantitative estimate of drug-likeness (QED) is 0.119. The highest BCUT2D eigenvalue weighted by Gasteiger charge is 2.25. The number of ether oxygens (including phenoxy) is 2. The standard InChI is InChI=1S/C35H35F2N3O5S3/c1-23-6-9-26(10-7-23)48(42,43)40-16-12-27-28(14-18-46-19-20-47-24(2)41)35(31(37)22-33(27)40)45-25-8-11-30(36)29(21-25)32-13-15-39(38-32)34-5-3-4-17-44-34/h6-13,15-16,21-22,34H,3-5,14,17-20H2,1-2H3. The van der Waals surface area contributed by atoms with Gasteiger partial charge < -0.3 is 9.47 Å².